The Morgan fingerprint density at radius 2 is 1.93 bits per heavy atom. The molecule has 0 aliphatic carbocycles. The molecule has 0 saturated carbocycles. The van der Waals surface area contributed by atoms with Gasteiger partial charge in [0, 0.05) is 24.1 Å². The lowest BCUT2D eigenvalue weighted by molar-refractivity contribution is -0.119. The van der Waals surface area contributed by atoms with Crippen molar-refractivity contribution in [2.45, 2.75) is 24.1 Å². The van der Waals surface area contributed by atoms with Crippen LogP contribution in [0, 0.1) is 0 Å². The molecule has 2 aromatic carbocycles. The molecule has 1 aliphatic rings. The Labute approximate surface area is 162 Å². The van der Waals surface area contributed by atoms with Gasteiger partial charge in [0.25, 0.3) is 0 Å². The Balaban J connectivity index is 1.49. The van der Waals surface area contributed by atoms with E-state index >= 15 is 0 Å². The van der Waals surface area contributed by atoms with Crippen LogP contribution < -0.4 is 5.32 Å². The van der Waals surface area contributed by atoms with E-state index in [9.17, 15) is 4.79 Å². The first-order chi connectivity index (χ1) is 13.3. The summed E-state index contributed by atoms with van der Waals surface area (Å²) in [7, 11) is 0. The van der Waals surface area contributed by atoms with Crippen LogP contribution in [0.4, 0.5) is 0 Å². The summed E-state index contributed by atoms with van der Waals surface area (Å²) in [6.07, 6.45) is 2.24. The van der Waals surface area contributed by atoms with Gasteiger partial charge in [0.15, 0.2) is 5.16 Å². The van der Waals surface area contributed by atoms with Gasteiger partial charge in [0.1, 0.15) is 0 Å². The van der Waals surface area contributed by atoms with Crippen LogP contribution in [-0.4, -0.2) is 40.9 Å². The van der Waals surface area contributed by atoms with Crippen LogP contribution in [0.15, 0.2) is 59.8 Å². The van der Waals surface area contributed by atoms with Gasteiger partial charge in [-0.1, -0.05) is 60.3 Å². The van der Waals surface area contributed by atoms with E-state index in [-0.39, 0.29) is 12.0 Å². The Bertz CT molecular complexity index is 927. The number of carbonyl (C=O) groups is 1. The van der Waals surface area contributed by atoms with E-state index in [1.807, 2.05) is 54.6 Å². The molecule has 3 aromatic rings. The zero-order chi connectivity index (χ0) is 18.5. The molecular formula is C21H21N3O2S. The number of benzene rings is 2. The molecule has 1 atom stereocenters. The summed E-state index contributed by atoms with van der Waals surface area (Å²) in [5, 5.41) is 4.56. The fourth-order valence-electron chi connectivity index (χ4n) is 3.15. The molecule has 0 unspecified atom stereocenters. The van der Waals surface area contributed by atoms with Crippen molar-refractivity contribution in [3.8, 4) is 11.3 Å². The number of hydrogen-bond acceptors (Lipinski definition) is 5. The van der Waals surface area contributed by atoms with Gasteiger partial charge in [-0.05, 0) is 18.9 Å². The molecule has 2 heterocycles. The summed E-state index contributed by atoms with van der Waals surface area (Å²) in [6, 6.07) is 18.0. The van der Waals surface area contributed by atoms with Crippen LogP contribution in [0.1, 0.15) is 12.8 Å². The van der Waals surface area contributed by atoms with Crippen LogP contribution in [0.3, 0.4) is 0 Å². The first kappa shape index (κ1) is 17.9. The maximum absolute atomic E-state index is 12.1. The summed E-state index contributed by atoms with van der Waals surface area (Å²) in [5.41, 5.74) is 2.82. The van der Waals surface area contributed by atoms with E-state index in [0.717, 1.165) is 41.6 Å². The molecule has 1 saturated heterocycles. The van der Waals surface area contributed by atoms with E-state index in [0.29, 0.717) is 17.5 Å². The van der Waals surface area contributed by atoms with Crippen molar-refractivity contribution >= 4 is 28.6 Å². The second-order valence-corrected chi connectivity index (χ2v) is 7.41. The average Bonchev–Trinajstić information content (AvgIpc) is 3.24. The second-order valence-electron chi connectivity index (χ2n) is 6.47. The third kappa shape index (κ3) is 4.46. The Hall–Kier alpha value is -2.44. The Morgan fingerprint density at radius 1 is 1.11 bits per heavy atom. The van der Waals surface area contributed by atoms with Gasteiger partial charge in [-0.3, -0.25) is 4.79 Å². The second kappa shape index (κ2) is 8.50. The summed E-state index contributed by atoms with van der Waals surface area (Å²) in [4.78, 5) is 21.5. The van der Waals surface area contributed by atoms with Gasteiger partial charge < -0.3 is 10.1 Å². The fraction of sp³-hybridized carbons (Fsp3) is 0.286. The number of para-hydroxylation sites is 1. The van der Waals surface area contributed by atoms with Crippen molar-refractivity contribution in [2.75, 3.05) is 18.9 Å². The minimum atomic E-state index is -0.0199. The van der Waals surface area contributed by atoms with Crippen molar-refractivity contribution in [3.05, 3.63) is 54.6 Å². The largest absolute Gasteiger partial charge is 0.376 e. The van der Waals surface area contributed by atoms with E-state index < -0.39 is 0 Å². The van der Waals surface area contributed by atoms with Crippen LogP contribution in [-0.2, 0) is 9.53 Å². The molecule has 27 heavy (non-hydrogen) atoms. The number of ether oxygens (including phenoxy) is 1. The molecule has 1 fully saturated rings. The van der Waals surface area contributed by atoms with Crippen molar-refractivity contribution in [1.29, 1.82) is 0 Å². The standard InChI is InChI=1S/C21H21N3O2S/c25-19(22-13-16-9-6-12-26-16)14-27-21-23-18-11-5-4-10-17(18)20(24-21)15-7-2-1-3-8-15/h1-5,7-8,10-11,16H,6,9,12-14H2,(H,22,25)/t16-/m1/s1. The zero-order valence-corrected chi connectivity index (χ0v) is 15.7. The number of fused-ring (bicyclic) bond motifs is 1. The van der Waals surface area contributed by atoms with Gasteiger partial charge in [0.2, 0.25) is 5.91 Å². The summed E-state index contributed by atoms with van der Waals surface area (Å²) < 4.78 is 5.53. The number of nitrogens with one attached hydrogen (secondary N) is 1. The van der Waals surface area contributed by atoms with Crippen molar-refractivity contribution in [3.63, 3.8) is 0 Å². The number of rotatable bonds is 6. The lowest BCUT2D eigenvalue weighted by Crippen LogP contribution is -2.32. The van der Waals surface area contributed by atoms with Gasteiger partial charge in [-0.25, -0.2) is 9.97 Å². The molecule has 1 N–H and O–H groups in total. The summed E-state index contributed by atoms with van der Waals surface area (Å²) >= 11 is 1.36. The highest BCUT2D eigenvalue weighted by Gasteiger charge is 2.16. The zero-order valence-electron chi connectivity index (χ0n) is 14.9. The molecule has 0 spiro atoms. The SMILES string of the molecule is O=C(CSc1nc(-c2ccccc2)c2ccccc2n1)NC[C@H]1CCCO1. The van der Waals surface area contributed by atoms with E-state index in [1.165, 1.54) is 11.8 Å². The Morgan fingerprint density at radius 3 is 2.74 bits per heavy atom. The van der Waals surface area contributed by atoms with Gasteiger partial charge in [-0.15, -0.1) is 0 Å². The molecule has 4 rings (SSSR count). The minimum absolute atomic E-state index is 0.0199. The summed E-state index contributed by atoms with van der Waals surface area (Å²) in [6.45, 7) is 1.37. The highest BCUT2D eigenvalue weighted by molar-refractivity contribution is 7.99. The number of hydrogen-bond donors (Lipinski definition) is 1. The molecular weight excluding hydrogens is 358 g/mol. The van der Waals surface area contributed by atoms with Crippen molar-refractivity contribution in [1.82, 2.24) is 15.3 Å². The van der Waals surface area contributed by atoms with Crippen molar-refractivity contribution in [2.24, 2.45) is 0 Å². The maximum Gasteiger partial charge on any atom is 0.230 e. The van der Waals surface area contributed by atoms with E-state index in [2.05, 4.69) is 10.3 Å². The van der Waals surface area contributed by atoms with Gasteiger partial charge in [0.05, 0.1) is 23.1 Å². The first-order valence-electron chi connectivity index (χ1n) is 9.13. The summed E-state index contributed by atoms with van der Waals surface area (Å²) in [5.74, 6) is 0.271. The normalized spacial score (nSPS) is 16.5. The van der Waals surface area contributed by atoms with E-state index in [1.54, 1.807) is 0 Å². The lowest BCUT2D eigenvalue weighted by atomic mass is 10.1. The smallest absolute Gasteiger partial charge is 0.230 e. The van der Waals surface area contributed by atoms with Gasteiger partial charge >= 0.3 is 0 Å². The lowest BCUT2D eigenvalue weighted by Gasteiger charge is -2.11. The molecule has 1 aromatic heterocycles. The van der Waals surface area contributed by atoms with Gasteiger partial charge in [-0.2, -0.15) is 0 Å². The topological polar surface area (TPSA) is 64.1 Å². The molecule has 1 amide bonds. The number of thioether (sulfide) groups is 1. The molecule has 0 radical (unpaired) electrons. The molecule has 0 bridgehead atoms. The quantitative estimate of drug-likeness (QED) is 0.523. The molecule has 138 valence electrons. The number of aromatic nitrogens is 2. The maximum atomic E-state index is 12.1. The first-order valence-corrected chi connectivity index (χ1v) is 10.1. The van der Waals surface area contributed by atoms with Crippen LogP contribution in [0.2, 0.25) is 0 Å². The molecule has 5 nitrogen and oxygen atoms in total. The number of amides is 1. The highest BCUT2D eigenvalue weighted by Crippen LogP contribution is 2.28. The predicted molar refractivity (Wildman–Crippen MR) is 108 cm³/mol. The monoisotopic (exact) mass is 379 g/mol. The Kier molecular flexibility index (Phi) is 5.65. The van der Waals surface area contributed by atoms with E-state index in [4.69, 9.17) is 9.72 Å². The van der Waals surface area contributed by atoms with Crippen LogP contribution >= 0.6 is 11.8 Å². The fourth-order valence-corrected chi connectivity index (χ4v) is 3.83. The van der Waals surface area contributed by atoms with Crippen LogP contribution in [0.5, 0.6) is 0 Å². The molecule has 1 aliphatic heterocycles. The van der Waals surface area contributed by atoms with Crippen LogP contribution in [0.25, 0.3) is 22.2 Å². The predicted octanol–water partition coefficient (Wildman–Crippen LogP) is 3.68. The molecule has 6 heteroatoms. The number of nitrogens with zero attached hydrogens (tertiary/aromatic N) is 2. The third-order valence-electron chi connectivity index (χ3n) is 4.51. The highest BCUT2D eigenvalue weighted by atomic mass is 32.2. The van der Waals surface area contributed by atoms with Crippen molar-refractivity contribution < 1.29 is 9.53 Å². The average molecular weight is 379 g/mol. The number of carbonyl (C=O) groups excluding carboxylic acids is 1. The third-order valence-corrected chi connectivity index (χ3v) is 5.36. The minimum Gasteiger partial charge on any atom is -0.376 e.